The van der Waals surface area contributed by atoms with E-state index in [2.05, 4.69) is 131 Å². The average molecular weight is 754 g/mol. The molecule has 0 aliphatic heterocycles. The highest BCUT2D eigenvalue weighted by atomic mass is 16.4. The Morgan fingerprint density at radius 1 is 0.789 bits per heavy atom. The first-order chi connectivity index (χ1) is 27.3. The Labute approximate surface area is 335 Å². The van der Waals surface area contributed by atoms with E-state index in [0.717, 1.165) is 64.3 Å². The fourth-order valence-electron chi connectivity index (χ4n) is 9.41. The first-order valence-corrected chi connectivity index (χ1v) is 20.1. The van der Waals surface area contributed by atoms with Crippen molar-refractivity contribution in [1.82, 2.24) is 0 Å². The van der Waals surface area contributed by atoms with Gasteiger partial charge in [0.2, 0.25) is 0 Å². The van der Waals surface area contributed by atoms with Gasteiger partial charge in [-0.25, -0.2) is 4.79 Å². The fraction of sp³-hybridized carbons (Fsp3) is 0.250. The third-order valence-corrected chi connectivity index (χ3v) is 12.1. The Kier molecular flexibility index (Phi) is 9.70. The molecule has 6 aromatic carbocycles. The van der Waals surface area contributed by atoms with Crippen LogP contribution in [0.4, 0.5) is 5.69 Å². The van der Waals surface area contributed by atoms with E-state index in [-0.39, 0.29) is 22.1 Å². The molecule has 5 nitrogen and oxygen atoms in total. The molecule has 0 saturated heterocycles. The molecule has 6 aromatic rings. The van der Waals surface area contributed by atoms with Gasteiger partial charge in [0.1, 0.15) is 11.3 Å². The van der Waals surface area contributed by atoms with Gasteiger partial charge >= 0.3 is 5.97 Å². The van der Waals surface area contributed by atoms with Gasteiger partial charge < -0.3 is 20.2 Å². The summed E-state index contributed by atoms with van der Waals surface area (Å²) >= 11 is 0. The summed E-state index contributed by atoms with van der Waals surface area (Å²) in [5, 5.41) is 36.2. The number of anilines is 1. The van der Waals surface area contributed by atoms with Gasteiger partial charge in [-0.1, -0.05) is 124 Å². The van der Waals surface area contributed by atoms with Gasteiger partial charge in [0.05, 0.1) is 6.10 Å². The van der Waals surface area contributed by atoms with Crippen LogP contribution in [0.5, 0.6) is 5.75 Å². The highest BCUT2D eigenvalue weighted by Crippen LogP contribution is 2.53. The topological polar surface area (TPSA) is 81.0 Å². The second-order valence-electron chi connectivity index (χ2n) is 17.0. The van der Waals surface area contributed by atoms with Crippen LogP contribution in [0.3, 0.4) is 0 Å². The van der Waals surface area contributed by atoms with Crippen LogP contribution in [0.25, 0.3) is 55.4 Å². The van der Waals surface area contributed by atoms with Crippen molar-refractivity contribution in [3.05, 3.63) is 155 Å². The Bertz CT molecular complexity index is 2650. The fourth-order valence-corrected chi connectivity index (χ4v) is 9.41. The lowest BCUT2D eigenvalue weighted by Crippen LogP contribution is -2.28. The number of aromatic hydroxyl groups is 1. The largest absolute Gasteiger partial charge is 0.507 e. The third kappa shape index (κ3) is 6.95. The third-order valence-electron chi connectivity index (χ3n) is 12.1. The Hall–Kier alpha value is -5.91. The predicted molar refractivity (Wildman–Crippen MR) is 237 cm³/mol. The van der Waals surface area contributed by atoms with Crippen LogP contribution in [0.1, 0.15) is 93.1 Å². The summed E-state index contributed by atoms with van der Waals surface area (Å²) in [6.07, 6.45) is 9.24. The number of carboxylic acids is 1. The molecule has 1 unspecified atom stereocenters. The van der Waals surface area contributed by atoms with Crippen molar-refractivity contribution < 1.29 is 20.1 Å². The van der Waals surface area contributed by atoms with Gasteiger partial charge in [0, 0.05) is 24.3 Å². The molecule has 0 aromatic heterocycles. The molecule has 5 heteroatoms. The van der Waals surface area contributed by atoms with E-state index in [0.29, 0.717) is 5.56 Å². The number of aliphatic hydroxyl groups is 1. The number of aliphatic hydroxyl groups excluding tert-OH is 1. The second kappa shape index (κ2) is 14.5. The van der Waals surface area contributed by atoms with Crippen LogP contribution >= 0.6 is 0 Å². The number of fused-ring (bicyclic) bond motifs is 5. The lowest BCUT2D eigenvalue weighted by Gasteiger charge is -2.40. The monoisotopic (exact) mass is 753 g/mol. The van der Waals surface area contributed by atoms with Gasteiger partial charge in [0.25, 0.3) is 0 Å². The van der Waals surface area contributed by atoms with Gasteiger partial charge in [-0.3, -0.25) is 0 Å². The molecule has 0 heterocycles. The molecule has 0 fully saturated rings. The number of nitrogens with zero attached hydrogens (tertiary/aromatic N) is 1. The van der Waals surface area contributed by atoms with E-state index >= 15 is 0 Å². The minimum atomic E-state index is -1.20. The Morgan fingerprint density at radius 3 is 2.23 bits per heavy atom. The molecule has 2 aliphatic rings. The molecule has 1 atom stereocenters. The van der Waals surface area contributed by atoms with Crippen LogP contribution in [0.2, 0.25) is 0 Å². The summed E-state index contributed by atoms with van der Waals surface area (Å²) in [6, 6.07) is 35.0. The average Bonchev–Trinajstić information content (AvgIpc) is 3.18. The SMILES string of the molecule is CCN(CC)c1ccc(-c2cc(-c3ccc4ccccc4c3C(O)/C=C/c3ccc(C(=O)O)c(O)c3)cc3ccc4c(c23)C(C)(C)CC2=C4C=CC(C)(C)C2)cc1. The number of phenols is 1. The lowest BCUT2D eigenvalue weighted by atomic mass is 9.63. The van der Waals surface area contributed by atoms with Crippen LogP contribution in [0, 0.1) is 5.41 Å². The van der Waals surface area contributed by atoms with Crippen molar-refractivity contribution in [2.45, 2.75) is 65.9 Å². The molecule has 0 radical (unpaired) electrons. The lowest BCUT2D eigenvalue weighted by molar-refractivity contribution is 0.0693. The second-order valence-corrected chi connectivity index (χ2v) is 17.0. The van der Waals surface area contributed by atoms with E-state index in [1.807, 2.05) is 12.1 Å². The van der Waals surface area contributed by atoms with Crippen LogP contribution in [-0.2, 0) is 5.41 Å². The highest BCUT2D eigenvalue weighted by Gasteiger charge is 2.37. The number of rotatable bonds is 9. The summed E-state index contributed by atoms with van der Waals surface area (Å²) in [4.78, 5) is 13.9. The maximum absolute atomic E-state index is 12.1. The summed E-state index contributed by atoms with van der Waals surface area (Å²) in [6.45, 7) is 15.7. The van der Waals surface area contributed by atoms with E-state index < -0.39 is 12.1 Å². The molecular weight excluding hydrogens is 703 g/mol. The van der Waals surface area contributed by atoms with Crippen molar-refractivity contribution in [3.63, 3.8) is 0 Å². The van der Waals surface area contributed by atoms with Gasteiger partial charge in [0.15, 0.2) is 0 Å². The van der Waals surface area contributed by atoms with Crippen molar-refractivity contribution in [3.8, 4) is 28.0 Å². The molecule has 8 rings (SSSR count). The minimum absolute atomic E-state index is 0.0986. The molecule has 3 N–H and O–H groups in total. The zero-order valence-electron chi connectivity index (χ0n) is 33.7. The molecule has 0 bridgehead atoms. The standard InChI is InChI=1S/C52H51NO4/c1-7-53(8-2)38-19-15-34(16-20-38)44-29-36(28-35-18-23-42-39-25-26-51(3,4)30-37(39)31-52(5,6)49(42)47(35)44)41-22-17-33-11-9-10-12-40(33)48(41)45(54)24-14-32-13-21-43(50(56)57)46(55)27-32/h9-29,45,54-55H,7-8,30-31H2,1-6H3,(H,56,57)/b24-14+. The molecule has 2 aliphatic carbocycles. The molecule has 0 spiro atoms. The molecule has 0 amide bonds. The summed E-state index contributed by atoms with van der Waals surface area (Å²) < 4.78 is 0. The molecular formula is C52H51NO4. The zero-order valence-corrected chi connectivity index (χ0v) is 33.7. The maximum Gasteiger partial charge on any atom is 0.339 e. The Morgan fingerprint density at radius 2 is 1.51 bits per heavy atom. The smallest absolute Gasteiger partial charge is 0.339 e. The normalized spacial score (nSPS) is 16.2. The molecule has 0 saturated carbocycles. The Balaban J connectivity index is 1.35. The summed E-state index contributed by atoms with van der Waals surface area (Å²) in [5.74, 6) is -1.51. The van der Waals surface area contributed by atoms with Crippen molar-refractivity contribution in [2.24, 2.45) is 5.41 Å². The van der Waals surface area contributed by atoms with Gasteiger partial charge in [-0.2, -0.15) is 0 Å². The van der Waals surface area contributed by atoms with E-state index in [1.165, 1.54) is 51.0 Å². The number of carboxylic acid groups (broad SMARTS) is 1. The number of aromatic carboxylic acids is 1. The number of allylic oxidation sites excluding steroid dienone is 4. The van der Waals surface area contributed by atoms with Crippen molar-refractivity contribution >= 4 is 44.9 Å². The molecule has 57 heavy (non-hydrogen) atoms. The summed E-state index contributed by atoms with van der Waals surface area (Å²) in [5.41, 5.74) is 12.3. The predicted octanol–water partition coefficient (Wildman–Crippen LogP) is 12.7. The molecule has 288 valence electrons. The van der Waals surface area contributed by atoms with Crippen molar-refractivity contribution in [2.75, 3.05) is 18.0 Å². The number of hydrogen-bond acceptors (Lipinski definition) is 4. The van der Waals surface area contributed by atoms with Crippen LogP contribution in [-0.4, -0.2) is 34.4 Å². The van der Waals surface area contributed by atoms with Gasteiger partial charge in [-0.15, -0.1) is 0 Å². The highest BCUT2D eigenvalue weighted by molar-refractivity contribution is 6.07. The van der Waals surface area contributed by atoms with E-state index in [9.17, 15) is 20.1 Å². The number of benzene rings is 6. The first kappa shape index (κ1) is 38.0. The quantitative estimate of drug-likeness (QED) is 0.137. The van der Waals surface area contributed by atoms with Crippen LogP contribution in [0.15, 0.2) is 127 Å². The van der Waals surface area contributed by atoms with E-state index in [4.69, 9.17) is 0 Å². The van der Waals surface area contributed by atoms with Crippen LogP contribution < -0.4 is 4.90 Å². The van der Waals surface area contributed by atoms with Crippen molar-refractivity contribution in [1.29, 1.82) is 0 Å². The first-order valence-electron chi connectivity index (χ1n) is 20.1. The maximum atomic E-state index is 12.1. The van der Waals surface area contributed by atoms with Gasteiger partial charge in [-0.05, 0) is 140 Å². The van der Waals surface area contributed by atoms with E-state index in [1.54, 1.807) is 18.2 Å². The minimum Gasteiger partial charge on any atom is -0.507 e. The number of carbonyl (C=O) groups is 1. The number of hydrogen-bond donors (Lipinski definition) is 3. The summed E-state index contributed by atoms with van der Waals surface area (Å²) in [7, 11) is 0. The zero-order chi connectivity index (χ0) is 40.2.